The van der Waals surface area contributed by atoms with Crippen LogP contribution in [-0.2, 0) is 14.3 Å². The Morgan fingerprint density at radius 3 is 2.83 bits per heavy atom. The topological polar surface area (TPSA) is 95.1 Å². The fourth-order valence-corrected chi connectivity index (χ4v) is 2.86. The van der Waals surface area contributed by atoms with Crippen molar-refractivity contribution in [1.29, 1.82) is 0 Å². The van der Waals surface area contributed by atoms with E-state index < -0.39 is 17.9 Å². The van der Waals surface area contributed by atoms with Crippen LogP contribution < -0.4 is 15.7 Å². The van der Waals surface area contributed by atoms with Crippen LogP contribution in [0.5, 0.6) is 0 Å². The van der Waals surface area contributed by atoms with Crippen LogP contribution in [0.15, 0.2) is 18.2 Å². The van der Waals surface area contributed by atoms with Crippen LogP contribution in [-0.4, -0.2) is 37.2 Å². The molecule has 2 atom stereocenters. The third kappa shape index (κ3) is 5.66. The minimum Gasteiger partial charge on any atom is -0.544 e. The fraction of sp³-hybridized carbons (Fsp3) is 0.467. The van der Waals surface area contributed by atoms with Crippen molar-refractivity contribution in [2.45, 2.75) is 31.4 Å². The standard InChI is InChI=1S/C15H18Cl2N2O4/c16-9-3-4-12(11(17)6-9)19-14(20)7-13(15(21)22)18-8-10-2-1-5-23-10/h3-4,6,10,13,18H,1-2,5,7-8H2,(H,19,20)(H,21,22)/t10-,13-/m0/s1. The van der Waals surface area contributed by atoms with E-state index in [0.29, 0.717) is 28.9 Å². The monoisotopic (exact) mass is 360 g/mol. The second-order valence-electron chi connectivity index (χ2n) is 5.41. The molecule has 1 aliphatic heterocycles. The summed E-state index contributed by atoms with van der Waals surface area (Å²) in [6.45, 7) is 1.19. The van der Waals surface area contributed by atoms with Gasteiger partial charge in [0.2, 0.25) is 5.91 Å². The first-order chi connectivity index (χ1) is 11.0. The first kappa shape index (κ1) is 18.0. The number of carbonyl (C=O) groups is 2. The number of carbonyl (C=O) groups excluding carboxylic acids is 2. The number of aliphatic carboxylic acids is 1. The number of hydrogen-bond acceptors (Lipinski definition) is 4. The number of hydrogen-bond donors (Lipinski definition) is 2. The van der Waals surface area contributed by atoms with Gasteiger partial charge in [0, 0.05) is 11.6 Å². The molecule has 0 radical (unpaired) electrons. The fourth-order valence-electron chi connectivity index (χ4n) is 2.40. The highest BCUT2D eigenvalue weighted by molar-refractivity contribution is 6.36. The molecule has 0 unspecified atom stereocenters. The van der Waals surface area contributed by atoms with E-state index in [1.807, 2.05) is 0 Å². The number of nitrogens with two attached hydrogens (primary N) is 1. The van der Waals surface area contributed by atoms with Crippen molar-refractivity contribution < 1.29 is 24.7 Å². The molecule has 3 N–H and O–H groups in total. The smallest absolute Gasteiger partial charge is 0.230 e. The molecule has 0 saturated carbocycles. The molecule has 1 aromatic carbocycles. The summed E-state index contributed by atoms with van der Waals surface area (Å²) >= 11 is 11.8. The van der Waals surface area contributed by atoms with E-state index in [4.69, 9.17) is 27.9 Å². The van der Waals surface area contributed by atoms with Crippen molar-refractivity contribution in [3.05, 3.63) is 28.2 Å². The van der Waals surface area contributed by atoms with E-state index in [-0.39, 0.29) is 12.5 Å². The zero-order chi connectivity index (χ0) is 16.8. The summed E-state index contributed by atoms with van der Waals surface area (Å²) in [4.78, 5) is 23.2. The third-order valence-corrected chi connectivity index (χ3v) is 4.17. The zero-order valence-electron chi connectivity index (χ0n) is 12.4. The van der Waals surface area contributed by atoms with Gasteiger partial charge in [0.15, 0.2) is 0 Å². The Kier molecular flexibility index (Phi) is 6.65. The van der Waals surface area contributed by atoms with E-state index in [1.54, 1.807) is 17.4 Å². The number of nitrogens with one attached hydrogen (secondary N) is 1. The average molecular weight is 361 g/mol. The second kappa shape index (κ2) is 8.49. The van der Waals surface area contributed by atoms with Gasteiger partial charge in [0.05, 0.1) is 23.1 Å². The van der Waals surface area contributed by atoms with Gasteiger partial charge in [-0.05, 0) is 31.0 Å². The number of anilines is 1. The van der Waals surface area contributed by atoms with Crippen molar-refractivity contribution in [1.82, 2.24) is 0 Å². The Hall–Kier alpha value is -1.34. The molecule has 1 fully saturated rings. The Labute approximate surface area is 144 Å². The minimum atomic E-state index is -1.28. The molecule has 23 heavy (non-hydrogen) atoms. The van der Waals surface area contributed by atoms with Gasteiger partial charge < -0.3 is 25.3 Å². The Morgan fingerprint density at radius 2 is 2.22 bits per heavy atom. The third-order valence-electron chi connectivity index (χ3n) is 3.62. The molecular formula is C15H18Cl2N2O4. The number of quaternary nitrogens is 1. The molecule has 0 bridgehead atoms. The lowest BCUT2D eigenvalue weighted by Gasteiger charge is -2.18. The predicted molar refractivity (Wildman–Crippen MR) is 84.3 cm³/mol. The van der Waals surface area contributed by atoms with Crippen LogP contribution in [0.4, 0.5) is 5.69 Å². The predicted octanol–water partition coefficient (Wildman–Crippen LogP) is 0.183. The van der Waals surface area contributed by atoms with E-state index in [1.165, 1.54) is 6.07 Å². The maximum atomic E-state index is 12.0. The normalized spacial score (nSPS) is 18.6. The van der Waals surface area contributed by atoms with Gasteiger partial charge in [-0.25, -0.2) is 0 Å². The average Bonchev–Trinajstić information content (AvgIpc) is 2.99. The number of benzene rings is 1. The molecule has 1 aliphatic rings. The van der Waals surface area contributed by atoms with Gasteiger partial charge in [0.1, 0.15) is 18.7 Å². The van der Waals surface area contributed by atoms with E-state index in [2.05, 4.69) is 5.32 Å². The molecule has 126 valence electrons. The molecule has 6 nitrogen and oxygen atoms in total. The molecule has 1 heterocycles. The maximum absolute atomic E-state index is 12.0. The van der Waals surface area contributed by atoms with Crippen LogP contribution in [0.1, 0.15) is 19.3 Å². The van der Waals surface area contributed by atoms with E-state index >= 15 is 0 Å². The summed E-state index contributed by atoms with van der Waals surface area (Å²) < 4.78 is 5.44. The van der Waals surface area contributed by atoms with Crippen LogP contribution >= 0.6 is 23.2 Å². The molecule has 0 aromatic heterocycles. The lowest BCUT2D eigenvalue weighted by Crippen LogP contribution is -2.94. The van der Waals surface area contributed by atoms with Crippen molar-refractivity contribution in [3.63, 3.8) is 0 Å². The molecule has 0 aliphatic carbocycles. The number of rotatable bonds is 7. The highest BCUT2D eigenvalue weighted by Gasteiger charge is 2.23. The number of ether oxygens (including phenoxy) is 1. The molecule has 1 amide bonds. The summed E-state index contributed by atoms with van der Waals surface area (Å²) in [5.74, 6) is -1.73. The Balaban J connectivity index is 1.88. The first-order valence-corrected chi connectivity index (χ1v) is 8.12. The van der Waals surface area contributed by atoms with Crippen LogP contribution in [0.3, 0.4) is 0 Å². The zero-order valence-corrected chi connectivity index (χ0v) is 13.9. The van der Waals surface area contributed by atoms with Crippen molar-refractivity contribution >= 4 is 40.8 Å². The van der Waals surface area contributed by atoms with Crippen molar-refractivity contribution in [2.75, 3.05) is 18.5 Å². The number of amides is 1. The molecule has 0 spiro atoms. The highest BCUT2D eigenvalue weighted by Crippen LogP contribution is 2.25. The molecule has 2 rings (SSSR count). The summed E-state index contributed by atoms with van der Waals surface area (Å²) in [6, 6.07) is 3.68. The van der Waals surface area contributed by atoms with Crippen LogP contribution in [0.25, 0.3) is 0 Å². The first-order valence-electron chi connectivity index (χ1n) is 7.36. The lowest BCUT2D eigenvalue weighted by atomic mass is 10.1. The second-order valence-corrected chi connectivity index (χ2v) is 6.25. The van der Waals surface area contributed by atoms with Crippen molar-refractivity contribution in [3.8, 4) is 0 Å². The van der Waals surface area contributed by atoms with E-state index in [0.717, 1.165) is 12.8 Å². The minimum absolute atomic E-state index is 0.0330. The lowest BCUT2D eigenvalue weighted by molar-refractivity contribution is -0.687. The summed E-state index contributed by atoms with van der Waals surface area (Å²) in [7, 11) is 0. The van der Waals surface area contributed by atoms with Crippen molar-refractivity contribution in [2.24, 2.45) is 0 Å². The van der Waals surface area contributed by atoms with Crippen LogP contribution in [0.2, 0.25) is 10.0 Å². The van der Waals surface area contributed by atoms with Crippen LogP contribution in [0, 0.1) is 0 Å². The van der Waals surface area contributed by atoms with Gasteiger partial charge in [-0.1, -0.05) is 23.2 Å². The van der Waals surface area contributed by atoms with Gasteiger partial charge in [-0.3, -0.25) is 4.79 Å². The summed E-state index contributed by atoms with van der Waals surface area (Å²) in [5.41, 5.74) is 0.386. The molecule has 8 heteroatoms. The molecule has 1 aromatic rings. The number of carboxylic acid groups (broad SMARTS) is 1. The Bertz CT molecular complexity index is 577. The van der Waals surface area contributed by atoms with E-state index in [9.17, 15) is 14.7 Å². The van der Waals surface area contributed by atoms with Gasteiger partial charge in [-0.2, -0.15) is 0 Å². The largest absolute Gasteiger partial charge is 0.544 e. The number of carboxylic acids is 1. The van der Waals surface area contributed by atoms with Gasteiger partial charge in [0.25, 0.3) is 0 Å². The SMILES string of the molecule is O=C(C[C@H]([NH2+]C[C@@H]1CCCO1)C(=O)[O-])Nc1ccc(Cl)cc1Cl. The summed E-state index contributed by atoms with van der Waals surface area (Å²) in [5, 5.41) is 16.1. The van der Waals surface area contributed by atoms with Gasteiger partial charge >= 0.3 is 0 Å². The molecule has 1 saturated heterocycles. The highest BCUT2D eigenvalue weighted by atomic mass is 35.5. The maximum Gasteiger partial charge on any atom is 0.230 e. The number of halogens is 2. The molecular weight excluding hydrogens is 343 g/mol. The Morgan fingerprint density at radius 1 is 1.43 bits per heavy atom. The van der Waals surface area contributed by atoms with Gasteiger partial charge in [-0.15, -0.1) is 0 Å². The quantitative estimate of drug-likeness (QED) is 0.725. The summed E-state index contributed by atoms with van der Waals surface area (Å²) in [6.07, 6.45) is 1.70.